The molecule has 4 heterocycles. The van der Waals surface area contributed by atoms with E-state index in [0.717, 1.165) is 97.3 Å². The average Bonchev–Trinajstić information content (AvgIpc) is 3.28. The van der Waals surface area contributed by atoms with E-state index in [9.17, 15) is 22.9 Å². The first-order chi connectivity index (χ1) is 31.3. The third-order valence-corrected chi connectivity index (χ3v) is 13.9. The molecule has 2 aliphatic rings. The van der Waals surface area contributed by atoms with Crippen molar-refractivity contribution in [2.75, 3.05) is 75.3 Å². The van der Waals surface area contributed by atoms with Crippen LogP contribution >= 0.6 is 23.1 Å². The zero-order chi connectivity index (χ0) is 46.3. The molecular weight excluding hydrogens is 919 g/mol. The zero-order valence-corrected chi connectivity index (χ0v) is 39.9. The molecule has 1 atom stereocenters. The van der Waals surface area contributed by atoms with Crippen molar-refractivity contribution in [2.24, 2.45) is 0 Å². The van der Waals surface area contributed by atoms with E-state index in [1.807, 2.05) is 24.3 Å². The van der Waals surface area contributed by atoms with Crippen LogP contribution in [0.25, 0.3) is 10.9 Å². The Morgan fingerprint density at radius 3 is 2.38 bits per heavy atom. The van der Waals surface area contributed by atoms with Gasteiger partial charge in [0.2, 0.25) is 17.8 Å². The Morgan fingerprint density at radius 1 is 0.923 bits per heavy atom. The summed E-state index contributed by atoms with van der Waals surface area (Å²) in [6.07, 6.45) is 6.01. The number of anilines is 5. The molecular formula is C47H57BrF2N9O5P. The van der Waals surface area contributed by atoms with Crippen molar-refractivity contribution < 1.29 is 32.4 Å². The van der Waals surface area contributed by atoms with Gasteiger partial charge in [-0.15, -0.1) is 0 Å². The van der Waals surface area contributed by atoms with Gasteiger partial charge < -0.3 is 40.2 Å². The fourth-order valence-corrected chi connectivity index (χ4v) is 10.2. The maximum Gasteiger partial charge on any atom is 0.234 e. The topological polar surface area (TPSA) is 172 Å². The summed E-state index contributed by atoms with van der Waals surface area (Å²) in [6, 6.07) is 14.6. The van der Waals surface area contributed by atoms with Crippen molar-refractivity contribution in [2.45, 2.75) is 70.8 Å². The standard InChI is InChI=1S/C47H57BrF2N9O5P/c1-6-28-23-39(56-47-53-27-34(48)45(58-47)55-38-13-12-37-32(44(38)65(4,5)62)10-9-29(7-2)54-37)41(63-3)26-40(28)59-20-15-30(16-21-59)52-19-18-51-17-8-22-64-31-24-35(49)43(36(50)25-31)33-11-14-42(60)57-46(33)61/h9-10,12-13,23-27,30,33,51-52H,6-8,11,14-22H2,1-5H3,(H,57,60,61)(H2,53,55,56,58)/t33-/m1/s1. The van der Waals surface area contributed by atoms with Crippen LogP contribution in [0.15, 0.2) is 59.2 Å². The molecule has 14 nitrogen and oxygen atoms in total. The summed E-state index contributed by atoms with van der Waals surface area (Å²) in [5.41, 5.74) is 5.20. The lowest BCUT2D eigenvalue weighted by molar-refractivity contribution is -0.134. The summed E-state index contributed by atoms with van der Waals surface area (Å²) in [5.74, 6) is -2.28. The molecule has 0 unspecified atom stereocenters. The molecule has 18 heteroatoms. The number of fused-ring (bicyclic) bond motifs is 1. The number of benzene rings is 3. The van der Waals surface area contributed by atoms with Crippen LogP contribution in [0.4, 0.5) is 37.6 Å². The second-order valence-corrected chi connectivity index (χ2v) is 20.7. The van der Waals surface area contributed by atoms with Crippen molar-refractivity contribution in [3.8, 4) is 11.5 Å². The number of amides is 2. The van der Waals surface area contributed by atoms with Gasteiger partial charge in [0.15, 0.2) is 0 Å². The van der Waals surface area contributed by atoms with Gasteiger partial charge in [-0.25, -0.2) is 13.8 Å². The van der Waals surface area contributed by atoms with Crippen molar-refractivity contribution >= 4 is 79.9 Å². The van der Waals surface area contributed by atoms with Gasteiger partial charge in [0.1, 0.15) is 36.1 Å². The second-order valence-electron chi connectivity index (χ2n) is 16.7. The van der Waals surface area contributed by atoms with Gasteiger partial charge >= 0.3 is 0 Å². The molecule has 5 N–H and O–H groups in total. The first-order valence-corrected chi connectivity index (χ1v) is 25.6. The predicted molar refractivity (Wildman–Crippen MR) is 257 cm³/mol. The molecule has 0 saturated carbocycles. The van der Waals surface area contributed by atoms with Crippen molar-refractivity contribution in [3.05, 3.63) is 87.7 Å². The number of aryl methyl sites for hydroxylation is 2. The van der Waals surface area contributed by atoms with Crippen molar-refractivity contribution in [1.29, 1.82) is 0 Å². The molecule has 2 amide bonds. The quantitative estimate of drug-likeness (QED) is 0.0306. The Bertz CT molecular complexity index is 2570. The molecule has 0 bridgehead atoms. The minimum Gasteiger partial charge on any atom is -0.494 e. The Morgan fingerprint density at radius 2 is 1.69 bits per heavy atom. The summed E-state index contributed by atoms with van der Waals surface area (Å²) < 4.78 is 55.4. The van der Waals surface area contributed by atoms with Gasteiger partial charge in [0.05, 0.1) is 41.0 Å². The largest absolute Gasteiger partial charge is 0.494 e. The van der Waals surface area contributed by atoms with E-state index >= 15 is 0 Å². The predicted octanol–water partition coefficient (Wildman–Crippen LogP) is 8.07. The van der Waals surface area contributed by atoms with E-state index in [4.69, 9.17) is 19.4 Å². The van der Waals surface area contributed by atoms with Crippen LogP contribution in [0.5, 0.6) is 11.5 Å². The molecule has 2 fully saturated rings. The number of hydrogen-bond acceptors (Lipinski definition) is 13. The van der Waals surface area contributed by atoms with Gasteiger partial charge in [-0.05, 0) is 104 Å². The van der Waals surface area contributed by atoms with Crippen LogP contribution in [0.1, 0.15) is 68.7 Å². The number of halogens is 3. The SMILES string of the molecule is CCc1ccc2c(P(C)(C)=O)c(Nc3nc(Nc4cc(CC)c(N5CCC(NCCNCCCOc6cc(F)c([C@H]7CCC(=O)NC7=O)c(F)c6)CC5)cc4OC)ncc3Br)ccc2n1. The number of rotatable bonds is 19. The van der Waals surface area contributed by atoms with Crippen LogP contribution in [0.2, 0.25) is 0 Å². The molecule has 7 rings (SSSR count). The highest BCUT2D eigenvalue weighted by Crippen LogP contribution is 2.42. The first kappa shape index (κ1) is 47.7. The molecule has 346 valence electrons. The molecule has 65 heavy (non-hydrogen) atoms. The lowest BCUT2D eigenvalue weighted by atomic mass is 9.89. The van der Waals surface area contributed by atoms with Crippen LogP contribution in [0.3, 0.4) is 0 Å². The summed E-state index contributed by atoms with van der Waals surface area (Å²) >= 11 is 3.61. The molecule has 2 aromatic heterocycles. The number of piperidine rings is 2. The van der Waals surface area contributed by atoms with E-state index in [1.54, 1.807) is 26.6 Å². The Hall–Kier alpha value is -5.22. The highest BCUT2D eigenvalue weighted by atomic mass is 79.9. The fraction of sp³-hybridized carbons (Fsp3) is 0.426. The molecule has 0 radical (unpaired) electrons. The minimum atomic E-state index is -2.74. The highest BCUT2D eigenvalue weighted by molar-refractivity contribution is 9.10. The monoisotopic (exact) mass is 975 g/mol. The number of methoxy groups -OCH3 is 1. The van der Waals surface area contributed by atoms with E-state index in [-0.39, 0.29) is 30.8 Å². The first-order valence-electron chi connectivity index (χ1n) is 22.2. The third kappa shape index (κ3) is 11.6. The maximum atomic E-state index is 14.8. The number of aromatic nitrogens is 3. The number of imide groups is 1. The van der Waals surface area contributed by atoms with Gasteiger partial charge in [-0.1, -0.05) is 19.9 Å². The Kier molecular flexibility index (Phi) is 15.7. The van der Waals surface area contributed by atoms with Crippen molar-refractivity contribution in [3.63, 3.8) is 0 Å². The molecule has 2 aliphatic heterocycles. The van der Waals surface area contributed by atoms with E-state index in [2.05, 4.69) is 78.4 Å². The van der Waals surface area contributed by atoms with Gasteiger partial charge in [-0.3, -0.25) is 19.9 Å². The van der Waals surface area contributed by atoms with Gasteiger partial charge in [0, 0.05) is 90.7 Å². The molecule has 3 aromatic carbocycles. The normalized spacial score (nSPS) is 15.9. The van der Waals surface area contributed by atoms with Crippen LogP contribution in [-0.2, 0) is 27.0 Å². The number of hydrogen-bond donors (Lipinski definition) is 5. The number of nitrogens with one attached hydrogen (secondary N) is 5. The van der Waals surface area contributed by atoms with E-state index < -0.39 is 36.5 Å². The summed E-state index contributed by atoms with van der Waals surface area (Å²) in [6.45, 7) is 12.0. The number of pyridine rings is 1. The lowest BCUT2D eigenvalue weighted by Gasteiger charge is -2.35. The molecule has 0 spiro atoms. The summed E-state index contributed by atoms with van der Waals surface area (Å²) in [4.78, 5) is 40.1. The number of ether oxygens (including phenoxy) is 2. The van der Waals surface area contributed by atoms with Gasteiger partial charge in [0.25, 0.3) is 0 Å². The molecule has 5 aromatic rings. The number of nitrogens with zero attached hydrogens (tertiary/aromatic N) is 4. The highest BCUT2D eigenvalue weighted by Gasteiger charge is 2.33. The minimum absolute atomic E-state index is 0.0350. The molecule has 0 aliphatic carbocycles. The average molecular weight is 977 g/mol. The zero-order valence-electron chi connectivity index (χ0n) is 37.5. The van der Waals surface area contributed by atoms with Crippen molar-refractivity contribution in [1.82, 2.24) is 30.9 Å². The Labute approximate surface area is 387 Å². The smallest absolute Gasteiger partial charge is 0.234 e. The number of carbonyl (C=O) groups is 2. The third-order valence-electron chi connectivity index (χ3n) is 11.8. The van der Waals surface area contributed by atoms with E-state index in [0.29, 0.717) is 46.7 Å². The Balaban J connectivity index is 0.883. The summed E-state index contributed by atoms with van der Waals surface area (Å²) in [7, 11) is -1.09. The van der Waals surface area contributed by atoms with Gasteiger partial charge in [-0.2, -0.15) is 4.98 Å². The van der Waals surface area contributed by atoms with Crippen LogP contribution in [0, 0.1) is 11.6 Å². The van der Waals surface area contributed by atoms with E-state index in [1.165, 1.54) is 5.56 Å². The van der Waals surface area contributed by atoms with Crippen LogP contribution < -0.4 is 46.3 Å². The second kappa shape index (κ2) is 21.4. The van der Waals surface area contributed by atoms with Crippen LogP contribution in [-0.4, -0.2) is 92.6 Å². The molecule has 2 saturated heterocycles. The fourth-order valence-electron chi connectivity index (χ4n) is 8.48. The maximum absolute atomic E-state index is 14.8. The lowest BCUT2D eigenvalue weighted by Crippen LogP contribution is -2.44. The summed E-state index contributed by atoms with van der Waals surface area (Å²) in [5, 5.41) is 17.6. The number of carbonyl (C=O) groups excluding carboxylic acids is 2.